The van der Waals surface area contributed by atoms with Crippen LogP contribution in [0.5, 0.6) is 0 Å². The number of aromatic nitrogens is 2. The molecule has 0 bridgehead atoms. The summed E-state index contributed by atoms with van der Waals surface area (Å²) in [7, 11) is 0. The van der Waals surface area contributed by atoms with Gasteiger partial charge in [-0.05, 0) is 24.6 Å². The van der Waals surface area contributed by atoms with E-state index in [0.717, 1.165) is 4.57 Å². The average Bonchev–Trinajstić information content (AvgIpc) is 2.39. The largest absolute Gasteiger partial charge is 0.331 e. The monoisotopic (exact) mass is 282 g/mol. The molecule has 100 valence electrons. The molecule has 1 heterocycles. The Kier molecular flexibility index (Phi) is 3.85. The van der Waals surface area contributed by atoms with Crippen LogP contribution in [0.3, 0.4) is 0 Å². The molecule has 19 heavy (non-hydrogen) atoms. The van der Waals surface area contributed by atoms with Crippen LogP contribution in [0.4, 0.5) is 4.39 Å². The van der Waals surface area contributed by atoms with Gasteiger partial charge in [0, 0.05) is 18.8 Å². The number of aryl methyl sites for hydroxylation is 1. The molecule has 0 aliphatic carbocycles. The van der Waals surface area contributed by atoms with E-state index >= 15 is 0 Å². The first kappa shape index (κ1) is 13.5. The first-order chi connectivity index (χ1) is 9.02. The summed E-state index contributed by atoms with van der Waals surface area (Å²) < 4.78 is 15.8. The van der Waals surface area contributed by atoms with Crippen LogP contribution < -0.4 is 11.2 Å². The van der Waals surface area contributed by atoms with Gasteiger partial charge in [-0.3, -0.25) is 9.36 Å². The molecular weight excluding hydrogens is 271 g/mol. The van der Waals surface area contributed by atoms with Gasteiger partial charge in [0.05, 0.1) is 11.6 Å². The van der Waals surface area contributed by atoms with Crippen molar-refractivity contribution in [3.8, 4) is 0 Å². The summed E-state index contributed by atoms with van der Waals surface area (Å²) in [4.78, 5) is 23.7. The van der Waals surface area contributed by atoms with Crippen LogP contribution in [0.2, 0.25) is 5.02 Å². The topological polar surface area (TPSA) is 44.0 Å². The molecular formula is C13H12ClFN2O2. The van der Waals surface area contributed by atoms with Crippen molar-refractivity contribution < 1.29 is 4.39 Å². The molecule has 0 saturated carbocycles. The summed E-state index contributed by atoms with van der Waals surface area (Å²) in [5, 5.41) is 0.00938. The number of halogens is 2. The van der Waals surface area contributed by atoms with Gasteiger partial charge < -0.3 is 4.57 Å². The van der Waals surface area contributed by atoms with Gasteiger partial charge in [-0.1, -0.05) is 17.7 Å². The number of nitrogens with zero attached hydrogens (tertiary/aromatic N) is 2. The fraction of sp³-hybridized carbons (Fsp3) is 0.231. The van der Waals surface area contributed by atoms with E-state index in [0.29, 0.717) is 12.1 Å². The molecule has 0 N–H and O–H groups in total. The lowest BCUT2D eigenvalue weighted by molar-refractivity contribution is 0.593. The molecule has 1 aromatic carbocycles. The molecule has 0 aliphatic heterocycles. The van der Waals surface area contributed by atoms with Crippen LogP contribution in [-0.4, -0.2) is 9.13 Å². The van der Waals surface area contributed by atoms with E-state index in [9.17, 15) is 14.0 Å². The van der Waals surface area contributed by atoms with Crippen LogP contribution in [0, 0.1) is 5.82 Å². The Hall–Kier alpha value is -1.88. The third kappa shape index (κ3) is 2.76. The number of rotatable bonds is 3. The highest BCUT2D eigenvalue weighted by Crippen LogP contribution is 2.15. The zero-order chi connectivity index (χ0) is 14.0. The van der Waals surface area contributed by atoms with Gasteiger partial charge in [-0.2, -0.15) is 0 Å². The summed E-state index contributed by atoms with van der Waals surface area (Å²) in [5.74, 6) is -0.570. The van der Waals surface area contributed by atoms with E-state index in [2.05, 4.69) is 0 Å². The van der Waals surface area contributed by atoms with Gasteiger partial charge in [-0.15, -0.1) is 0 Å². The molecule has 0 radical (unpaired) electrons. The third-order valence-corrected chi connectivity index (χ3v) is 3.11. The standard InChI is InChI=1S/C13H12ClFN2O2/c1-2-16-6-5-12(18)17(13(16)19)8-9-3-4-10(14)11(15)7-9/h3-7H,2,8H2,1H3. The predicted molar refractivity (Wildman–Crippen MR) is 71.1 cm³/mol. The Morgan fingerprint density at radius 1 is 1.26 bits per heavy atom. The Bertz CT molecular complexity index is 721. The minimum Gasteiger partial charge on any atom is -0.301 e. The molecule has 2 rings (SSSR count). The molecule has 0 spiro atoms. The van der Waals surface area contributed by atoms with Gasteiger partial charge in [0.25, 0.3) is 5.56 Å². The molecule has 4 nitrogen and oxygen atoms in total. The fourth-order valence-corrected chi connectivity index (χ4v) is 1.88. The second-order valence-corrected chi connectivity index (χ2v) is 4.46. The van der Waals surface area contributed by atoms with Crippen molar-refractivity contribution in [1.82, 2.24) is 9.13 Å². The fourth-order valence-electron chi connectivity index (χ4n) is 1.76. The third-order valence-electron chi connectivity index (χ3n) is 2.81. The highest BCUT2D eigenvalue weighted by Gasteiger charge is 2.07. The Labute approximate surface area is 113 Å². The maximum absolute atomic E-state index is 13.3. The van der Waals surface area contributed by atoms with Gasteiger partial charge in [0.1, 0.15) is 5.82 Å². The van der Waals surface area contributed by atoms with E-state index in [-0.39, 0.29) is 11.6 Å². The minimum absolute atomic E-state index is 0.00938. The zero-order valence-electron chi connectivity index (χ0n) is 10.3. The lowest BCUT2D eigenvalue weighted by atomic mass is 10.2. The molecule has 0 aliphatic rings. The van der Waals surface area contributed by atoms with Crippen molar-refractivity contribution >= 4 is 11.6 Å². The Balaban J connectivity index is 2.46. The number of benzene rings is 1. The first-order valence-corrected chi connectivity index (χ1v) is 6.15. The van der Waals surface area contributed by atoms with E-state index in [4.69, 9.17) is 11.6 Å². The second kappa shape index (κ2) is 5.40. The smallest absolute Gasteiger partial charge is 0.301 e. The minimum atomic E-state index is -0.570. The van der Waals surface area contributed by atoms with E-state index in [1.807, 2.05) is 0 Å². The van der Waals surface area contributed by atoms with Crippen LogP contribution in [0.1, 0.15) is 12.5 Å². The summed E-state index contributed by atoms with van der Waals surface area (Å²) in [6, 6.07) is 5.52. The first-order valence-electron chi connectivity index (χ1n) is 5.77. The second-order valence-electron chi connectivity index (χ2n) is 4.06. The van der Waals surface area contributed by atoms with Crippen LogP contribution in [0.15, 0.2) is 40.1 Å². The van der Waals surface area contributed by atoms with E-state index in [1.54, 1.807) is 13.0 Å². The molecule has 6 heteroatoms. The Morgan fingerprint density at radius 2 is 2.00 bits per heavy atom. The number of hydrogen-bond acceptors (Lipinski definition) is 2. The van der Waals surface area contributed by atoms with Crippen molar-refractivity contribution in [2.24, 2.45) is 0 Å². The van der Waals surface area contributed by atoms with E-state index in [1.165, 1.54) is 29.0 Å². The molecule has 1 aromatic heterocycles. The van der Waals surface area contributed by atoms with Crippen LogP contribution in [0.25, 0.3) is 0 Å². The highest BCUT2D eigenvalue weighted by molar-refractivity contribution is 6.30. The van der Waals surface area contributed by atoms with E-state index < -0.39 is 17.1 Å². The van der Waals surface area contributed by atoms with Crippen LogP contribution in [-0.2, 0) is 13.1 Å². The maximum atomic E-state index is 13.3. The van der Waals surface area contributed by atoms with Gasteiger partial charge in [0.2, 0.25) is 0 Å². The summed E-state index contributed by atoms with van der Waals surface area (Å²) >= 11 is 5.58. The van der Waals surface area contributed by atoms with Crippen molar-refractivity contribution in [1.29, 1.82) is 0 Å². The molecule has 0 fully saturated rings. The quantitative estimate of drug-likeness (QED) is 0.863. The lowest BCUT2D eigenvalue weighted by Crippen LogP contribution is -2.38. The molecule has 0 amide bonds. The van der Waals surface area contributed by atoms with Crippen molar-refractivity contribution in [3.05, 3.63) is 67.7 Å². The molecule has 2 aromatic rings. The van der Waals surface area contributed by atoms with Crippen molar-refractivity contribution in [2.75, 3.05) is 0 Å². The molecule has 0 atom stereocenters. The summed E-state index contributed by atoms with van der Waals surface area (Å²) in [5.41, 5.74) is -0.314. The lowest BCUT2D eigenvalue weighted by Gasteiger charge is -2.08. The molecule has 0 unspecified atom stereocenters. The van der Waals surface area contributed by atoms with Crippen molar-refractivity contribution in [3.63, 3.8) is 0 Å². The summed E-state index contributed by atoms with van der Waals surface area (Å²) in [6.45, 7) is 2.29. The average molecular weight is 283 g/mol. The van der Waals surface area contributed by atoms with Crippen LogP contribution >= 0.6 is 11.6 Å². The van der Waals surface area contributed by atoms with Gasteiger partial charge in [0.15, 0.2) is 0 Å². The Morgan fingerprint density at radius 3 is 2.63 bits per heavy atom. The normalized spacial score (nSPS) is 10.7. The molecule has 0 saturated heterocycles. The van der Waals surface area contributed by atoms with Crippen molar-refractivity contribution in [2.45, 2.75) is 20.0 Å². The van der Waals surface area contributed by atoms with Gasteiger partial charge >= 0.3 is 5.69 Å². The maximum Gasteiger partial charge on any atom is 0.331 e. The zero-order valence-corrected chi connectivity index (χ0v) is 11.0. The number of hydrogen-bond donors (Lipinski definition) is 0. The highest BCUT2D eigenvalue weighted by atomic mass is 35.5. The predicted octanol–water partition coefficient (Wildman–Crippen LogP) is 1.87. The summed E-state index contributed by atoms with van der Waals surface area (Å²) in [6.07, 6.45) is 1.45. The van der Waals surface area contributed by atoms with Gasteiger partial charge in [-0.25, -0.2) is 9.18 Å². The SMILES string of the molecule is CCn1ccc(=O)n(Cc2ccc(Cl)c(F)c2)c1=O.